The molecule has 0 aliphatic heterocycles. The summed E-state index contributed by atoms with van der Waals surface area (Å²) >= 11 is 0. The molecule has 3 nitrogen and oxygen atoms in total. The molecule has 0 aromatic rings. The van der Waals surface area contributed by atoms with Gasteiger partial charge in [0.1, 0.15) is 0 Å². The summed E-state index contributed by atoms with van der Waals surface area (Å²) in [5, 5.41) is 8.90. The standard InChI is InChI=1S/C25H40O3.C2H6/c1-24-13-11-19(27)17-18(24)7-8-20-21-9-10-23(25(21,2)14-12-22(20)24)28-16-6-4-3-5-15-26;1-2/h11,13,18,20-23,26H,3-10,12,14-17H2,1-2H3;1-2H3. The summed E-state index contributed by atoms with van der Waals surface area (Å²) in [5.74, 6) is 3.29. The molecule has 0 aromatic heterocycles. The summed E-state index contributed by atoms with van der Waals surface area (Å²) in [7, 11) is 0. The molecule has 0 aromatic carbocycles. The molecule has 3 saturated carbocycles. The highest BCUT2D eigenvalue weighted by atomic mass is 16.5. The minimum absolute atomic E-state index is 0.240. The number of unbranched alkanes of at least 4 members (excludes halogenated alkanes) is 3. The highest BCUT2D eigenvalue weighted by Crippen LogP contribution is 2.65. The Bertz CT molecular complexity index is 599. The molecule has 0 radical (unpaired) electrons. The van der Waals surface area contributed by atoms with E-state index in [1.165, 1.54) is 44.9 Å². The molecule has 0 saturated heterocycles. The average Bonchev–Trinajstić information content (AvgIpc) is 3.09. The monoisotopic (exact) mass is 418 g/mol. The smallest absolute Gasteiger partial charge is 0.155 e. The van der Waals surface area contributed by atoms with Gasteiger partial charge in [-0.2, -0.15) is 0 Å². The van der Waals surface area contributed by atoms with Crippen LogP contribution < -0.4 is 0 Å². The van der Waals surface area contributed by atoms with E-state index in [2.05, 4.69) is 19.9 Å². The summed E-state index contributed by atoms with van der Waals surface area (Å²) in [6.07, 6.45) is 17.5. The van der Waals surface area contributed by atoms with Gasteiger partial charge in [-0.15, -0.1) is 0 Å². The van der Waals surface area contributed by atoms with Gasteiger partial charge in [-0.3, -0.25) is 4.79 Å². The van der Waals surface area contributed by atoms with Gasteiger partial charge in [0.15, 0.2) is 5.78 Å². The van der Waals surface area contributed by atoms with Gasteiger partial charge >= 0.3 is 0 Å². The summed E-state index contributed by atoms with van der Waals surface area (Å²) in [4.78, 5) is 12.0. The number of hydrogen-bond donors (Lipinski definition) is 1. The minimum Gasteiger partial charge on any atom is -0.396 e. The molecule has 0 spiro atoms. The van der Waals surface area contributed by atoms with Gasteiger partial charge in [0, 0.05) is 19.6 Å². The van der Waals surface area contributed by atoms with E-state index in [-0.39, 0.29) is 5.41 Å². The molecule has 172 valence electrons. The quantitative estimate of drug-likeness (QED) is 0.491. The van der Waals surface area contributed by atoms with Gasteiger partial charge in [-0.1, -0.05) is 46.6 Å². The summed E-state index contributed by atoms with van der Waals surface area (Å²) < 4.78 is 6.46. The van der Waals surface area contributed by atoms with Crippen LogP contribution in [0.15, 0.2) is 12.2 Å². The second-order valence-corrected chi connectivity index (χ2v) is 10.6. The van der Waals surface area contributed by atoms with Crippen LogP contribution in [0, 0.1) is 34.5 Å². The lowest BCUT2D eigenvalue weighted by Crippen LogP contribution is -2.53. The number of allylic oxidation sites excluding steroid dienone is 2. The van der Waals surface area contributed by atoms with Gasteiger partial charge in [-0.25, -0.2) is 0 Å². The lowest BCUT2D eigenvalue weighted by Gasteiger charge is -2.58. The van der Waals surface area contributed by atoms with Crippen molar-refractivity contribution in [3.05, 3.63) is 12.2 Å². The zero-order chi connectivity index (χ0) is 21.8. The molecule has 30 heavy (non-hydrogen) atoms. The first-order chi connectivity index (χ1) is 14.5. The molecule has 3 fully saturated rings. The van der Waals surface area contributed by atoms with E-state index in [9.17, 15) is 4.79 Å². The fourth-order valence-corrected chi connectivity index (χ4v) is 7.65. The normalized spacial score (nSPS) is 42.0. The first kappa shape index (κ1) is 24.0. The number of carbonyl (C=O) groups excluding carboxylic acids is 1. The van der Waals surface area contributed by atoms with Crippen LogP contribution in [0.4, 0.5) is 0 Å². The fraction of sp³-hybridized carbons (Fsp3) is 0.889. The van der Waals surface area contributed by atoms with Gasteiger partial charge in [0.2, 0.25) is 0 Å². The highest BCUT2D eigenvalue weighted by molar-refractivity contribution is 5.91. The maximum Gasteiger partial charge on any atom is 0.155 e. The number of rotatable bonds is 7. The van der Waals surface area contributed by atoms with E-state index in [0.29, 0.717) is 29.8 Å². The van der Waals surface area contributed by atoms with E-state index >= 15 is 0 Å². The van der Waals surface area contributed by atoms with Crippen LogP contribution in [-0.2, 0) is 9.53 Å². The van der Waals surface area contributed by atoms with Crippen molar-refractivity contribution in [2.75, 3.05) is 13.2 Å². The Morgan fingerprint density at radius 3 is 2.53 bits per heavy atom. The van der Waals surface area contributed by atoms with Crippen molar-refractivity contribution in [2.24, 2.45) is 34.5 Å². The van der Waals surface area contributed by atoms with Crippen molar-refractivity contribution in [1.29, 1.82) is 0 Å². The van der Waals surface area contributed by atoms with Crippen LogP contribution in [0.5, 0.6) is 0 Å². The fourth-order valence-electron chi connectivity index (χ4n) is 7.65. The molecule has 7 atom stereocenters. The maximum atomic E-state index is 12.0. The Balaban J connectivity index is 0.00000124. The SMILES string of the molecule is CC.CC12C=CC(=O)CC1CCC1C2CCC2(C)C(OCCCCCCO)CCC12. The molecule has 4 aliphatic carbocycles. The van der Waals surface area contributed by atoms with Gasteiger partial charge in [0.05, 0.1) is 6.10 Å². The predicted octanol–water partition coefficient (Wildman–Crippen LogP) is 6.34. The van der Waals surface area contributed by atoms with Gasteiger partial charge in [0.25, 0.3) is 0 Å². The number of ether oxygens (including phenoxy) is 1. The number of hydrogen-bond acceptors (Lipinski definition) is 3. The van der Waals surface area contributed by atoms with Crippen molar-refractivity contribution in [3.63, 3.8) is 0 Å². The number of carbonyl (C=O) groups is 1. The Morgan fingerprint density at radius 1 is 1.00 bits per heavy atom. The van der Waals surface area contributed by atoms with Crippen LogP contribution in [0.2, 0.25) is 0 Å². The third-order valence-electron chi connectivity index (χ3n) is 9.32. The topological polar surface area (TPSA) is 46.5 Å². The molecule has 4 aliphatic rings. The Hall–Kier alpha value is -0.670. The van der Waals surface area contributed by atoms with E-state index in [1.807, 2.05) is 19.9 Å². The average molecular weight is 419 g/mol. The van der Waals surface area contributed by atoms with Crippen LogP contribution in [0.25, 0.3) is 0 Å². The van der Waals surface area contributed by atoms with Crippen molar-refractivity contribution in [3.8, 4) is 0 Å². The molecule has 0 amide bonds. The van der Waals surface area contributed by atoms with Gasteiger partial charge < -0.3 is 9.84 Å². The molecular weight excluding hydrogens is 372 g/mol. The van der Waals surface area contributed by atoms with Gasteiger partial charge in [-0.05, 0) is 91.9 Å². The van der Waals surface area contributed by atoms with Crippen molar-refractivity contribution in [1.82, 2.24) is 0 Å². The molecular formula is C27H46O3. The van der Waals surface area contributed by atoms with E-state index in [0.717, 1.165) is 50.0 Å². The van der Waals surface area contributed by atoms with E-state index in [1.54, 1.807) is 0 Å². The summed E-state index contributed by atoms with van der Waals surface area (Å²) in [5.41, 5.74) is 0.591. The molecule has 7 unspecified atom stereocenters. The summed E-state index contributed by atoms with van der Waals surface area (Å²) in [6.45, 7) is 10.2. The second kappa shape index (κ2) is 10.3. The minimum atomic E-state index is 0.240. The second-order valence-electron chi connectivity index (χ2n) is 10.6. The predicted molar refractivity (Wildman–Crippen MR) is 123 cm³/mol. The molecule has 1 N–H and O–H groups in total. The zero-order valence-electron chi connectivity index (χ0n) is 20.0. The molecule has 0 bridgehead atoms. The summed E-state index contributed by atoms with van der Waals surface area (Å²) in [6, 6.07) is 0. The third-order valence-corrected chi connectivity index (χ3v) is 9.32. The van der Waals surface area contributed by atoms with Crippen LogP contribution in [0.1, 0.15) is 98.3 Å². The largest absolute Gasteiger partial charge is 0.396 e. The lowest BCUT2D eigenvalue weighted by atomic mass is 9.46. The van der Waals surface area contributed by atoms with E-state index in [4.69, 9.17) is 9.84 Å². The van der Waals surface area contributed by atoms with Crippen LogP contribution >= 0.6 is 0 Å². The Labute approximate surface area is 185 Å². The first-order valence-electron chi connectivity index (χ1n) is 12.9. The number of aliphatic hydroxyl groups excluding tert-OH is 1. The van der Waals surface area contributed by atoms with E-state index < -0.39 is 0 Å². The third kappa shape index (κ3) is 4.44. The van der Waals surface area contributed by atoms with Crippen LogP contribution in [-0.4, -0.2) is 30.2 Å². The number of ketones is 1. The van der Waals surface area contributed by atoms with Crippen molar-refractivity contribution < 1.29 is 14.6 Å². The lowest BCUT2D eigenvalue weighted by molar-refractivity contribution is -0.126. The Kier molecular flexibility index (Phi) is 8.23. The van der Waals surface area contributed by atoms with Crippen LogP contribution in [0.3, 0.4) is 0 Å². The molecule has 4 rings (SSSR count). The molecule has 0 heterocycles. The number of fused-ring (bicyclic) bond motifs is 5. The first-order valence-corrected chi connectivity index (χ1v) is 12.9. The zero-order valence-corrected chi connectivity index (χ0v) is 20.0. The molecule has 3 heteroatoms. The Morgan fingerprint density at radius 2 is 1.77 bits per heavy atom. The van der Waals surface area contributed by atoms with Crippen molar-refractivity contribution in [2.45, 2.75) is 104 Å². The number of aliphatic hydroxyl groups is 1. The van der Waals surface area contributed by atoms with Crippen molar-refractivity contribution >= 4 is 5.78 Å². The maximum absolute atomic E-state index is 12.0. The highest BCUT2D eigenvalue weighted by Gasteiger charge is 2.59.